The number of carbonyl (C=O) groups excluding carboxylic acids is 1. The minimum atomic E-state index is -0.0222. The number of amides is 1. The molecule has 0 atom stereocenters. The minimum absolute atomic E-state index is 0.0222. The van der Waals surface area contributed by atoms with Gasteiger partial charge >= 0.3 is 0 Å². The van der Waals surface area contributed by atoms with Gasteiger partial charge in [-0.15, -0.1) is 11.3 Å². The molecule has 2 aromatic heterocycles. The maximum Gasteiger partial charge on any atom is 0.261 e. The van der Waals surface area contributed by atoms with Crippen molar-refractivity contribution >= 4 is 28.8 Å². The Morgan fingerprint density at radius 1 is 1.43 bits per heavy atom. The molecule has 1 aliphatic rings. The quantitative estimate of drug-likeness (QED) is 0.915. The molecule has 124 valence electrons. The first-order valence-corrected chi connectivity index (χ1v) is 8.92. The summed E-state index contributed by atoms with van der Waals surface area (Å²) < 4.78 is 5.86. The zero-order valence-corrected chi connectivity index (χ0v) is 14.8. The molecule has 23 heavy (non-hydrogen) atoms. The molecule has 2 aromatic rings. The molecule has 0 saturated carbocycles. The summed E-state index contributed by atoms with van der Waals surface area (Å²) >= 11 is 7.20. The number of likely N-dealkylation sites (tertiary alicyclic amines) is 1. The van der Waals surface area contributed by atoms with E-state index < -0.39 is 0 Å². The SMILES string of the molecule is Cc1noc(C)c1CN1CCC(NC(=O)c2ccc(Cl)s2)CC1. The number of thiophene rings is 1. The van der Waals surface area contributed by atoms with Crippen LogP contribution in [0.2, 0.25) is 4.34 Å². The maximum atomic E-state index is 12.2. The zero-order chi connectivity index (χ0) is 16.4. The summed E-state index contributed by atoms with van der Waals surface area (Å²) in [7, 11) is 0. The van der Waals surface area contributed by atoms with Crippen LogP contribution in [-0.4, -0.2) is 35.1 Å². The van der Waals surface area contributed by atoms with Crippen LogP contribution in [0.25, 0.3) is 0 Å². The van der Waals surface area contributed by atoms with E-state index in [0.29, 0.717) is 9.21 Å². The van der Waals surface area contributed by atoms with E-state index >= 15 is 0 Å². The molecule has 7 heteroatoms. The second-order valence-corrected chi connectivity index (χ2v) is 7.65. The Kier molecular flexibility index (Phi) is 5.04. The van der Waals surface area contributed by atoms with E-state index in [0.717, 1.165) is 43.9 Å². The van der Waals surface area contributed by atoms with Crippen molar-refractivity contribution in [1.29, 1.82) is 0 Å². The van der Waals surface area contributed by atoms with Crippen LogP contribution in [0, 0.1) is 13.8 Å². The first-order valence-electron chi connectivity index (χ1n) is 7.73. The van der Waals surface area contributed by atoms with E-state index in [-0.39, 0.29) is 11.9 Å². The molecule has 0 aliphatic carbocycles. The first-order chi connectivity index (χ1) is 11.0. The lowest BCUT2D eigenvalue weighted by atomic mass is 10.0. The second kappa shape index (κ2) is 7.03. The third kappa shape index (κ3) is 3.94. The van der Waals surface area contributed by atoms with Crippen molar-refractivity contribution in [2.24, 2.45) is 0 Å². The summed E-state index contributed by atoms with van der Waals surface area (Å²) in [6.07, 6.45) is 1.91. The van der Waals surface area contributed by atoms with Crippen LogP contribution in [0.4, 0.5) is 0 Å². The third-order valence-corrected chi connectivity index (χ3v) is 5.51. The summed E-state index contributed by atoms with van der Waals surface area (Å²) in [4.78, 5) is 15.2. The van der Waals surface area contributed by atoms with Crippen LogP contribution >= 0.6 is 22.9 Å². The van der Waals surface area contributed by atoms with Crippen molar-refractivity contribution in [1.82, 2.24) is 15.4 Å². The fraction of sp³-hybridized carbons (Fsp3) is 0.500. The van der Waals surface area contributed by atoms with Gasteiger partial charge in [-0.1, -0.05) is 16.8 Å². The van der Waals surface area contributed by atoms with Gasteiger partial charge in [0.2, 0.25) is 0 Å². The van der Waals surface area contributed by atoms with Gasteiger partial charge in [-0.25, -0.2) is 0 Å². The highest BCUT2D eigenvalue weighted by molar-refractivity contribution is 7.17. The van der Waals surface area contributed by atoms with Gasteiger partial charge in [-0.3, -0.25) is 9.69 Å². The van der Waals surface area contributed by atoms with Crippen molar-refractivity contribution in [3.8, 4) is 0 Å². The van der Waals surface area contributed by atoms with Crippen LogP contribution in [-0.2, 0) is 6.54 Å². The van der Waals surface area contributed by atoms with Gasteiger partial charge in [0.15, 0.2) is 0 Å². The lowest BCUT2D eigenvalue weighted by Crippen LogP contribution is -2.44. The Morgan fingerprint density at radius 2 is 2.17 bits per heavy atom. The number of halogens is 1. The normalized spacial score (nSPS) is 16.7. The molecule has 0 bridgehead atoms. The molecule has 0 spiro atoms. The van der Waals surface area contributed by atoms with Crippen LogP contribution in [0.1, 0.15) is 39.5 Å². The molecule has 1 aliphatic heterocycles. The predicted molar refractivity (Wildman–Crippen MR) is 91.1 cm³/mol. The third-order valence-electron chi connectivity index (χ3n) is 4.28. The largest absolute Gasteiger partial charge is 0.361 e. The van der Waals surface area contributed by atoms with Crippen LogP contribution in [0.3, 0.4) is 0 Å². The monoisotopic (exact) mass is 353 g/mol. The Bertz CT molecular complexity index is 670. The summed E-state index contributed by atoms with van der Waals surface area (Å²) in [5.74, 6) is 0.874. The average molecular weight is 354 g/mol. The molecular formula is C16H20ClN3O2S. The molecule has 1 fully saturated rings. The molecule has 1 N–H and O–H groups in total. The van der Waals surface area contributed by atoms with Gasteiger partial charge in [0.25, 0.3) is 5.91 Å². The Balaban J connectivity index is 1.50. The molecule has 0 radical (unpaired) electrons. The van der Waals surface area contributed by atoms with E-state index in [4.69, 9.17) is 16.1 Å². The lowest BCUT2D eigenvalue weighted by Gasteiger charge is -2.32. The number of carbonyl (C=O) groups is 1. The molecule has 3 rings (SSSR count). The number of piperidine rings is 1. The molecular weight excluding hydrogens is 334 g/mol. The van der Waals surface area contributed by atoms with Gasteiger partial charge < -0.3 is 9.84 Å². The molecule has 1 saturated heterocycles. The van der Waals surface area contributed by atoms with E-state index in [1.165, 1.54) is 16.9 Å². The number of hydrogen-bond acceptors (Lipinski definition) is 5. The summed E-state index contributed by atoms with van der Waals surface area (Å²) in [6, 6.07) is 3.76. The number of hydrogen-bond donors (Lipinski definition) is 1. The number of aryl methyl sites for hydroxylation is 2. The Hall–Kier alpha value is -1.37. The molecule has 5 nitrogen and oxygen atoms in total. The Labute approximate surface area is 144 Å². The van der Waals surface area contributed by atoms with Crippen LogP contribution in [0.5, 0.6) is 0 Å². The number of nitrogens with zero attached hydrogens (tertiary/aromatic N) is 2. The lowest BCUT2D eigenvalue weighted by molar-refractivity contribution is 0.0913. The molecule has 0 unspecified atom stereocenters. The maximum absolute atomic E-state index is 12.2. The first kappa shape index (κ1) is 16.5. The topological polar surface area (TPSA) is 58.4 Å². The van der Waals surface area contributed by atoms with Gasteiger partial charge in [0.1, 0.15) is 5.76 Å². The van der Waals surface area contributed by atoms with Gasteiger partial charge in [-0.2, -0.15) is 0 Å². The van der Waals surface area contributed by atoms with Crippen LogP contribution in [0.15, 0.2) is 16.7 Å². The summed E-state index contributed by atoms with van der Waals surface area (Å²) in [5, 5.41) is 7.11. The standard InChI is InChI=1S/C16H20ClN3O2S/c1-10-13(11(2)22-19-10)9-20-7-5-12(6-8-20)18-16(21)14-3-4-15(17)23-14/h3-4,12H,5-9H2,1-2H3,(H,18,21). The minimum Gasteiger partial charge on any atom is -0.361 e. The fourth-order valence-corrected chi connectivity index (χ4v) is 3.83. The summed E-state index contributed by atoms with van der Waals surface area (Å²) in [5.41, 5.74) is 2.15. The van der Waals surface area contributed by atoms with Crippen molar-refractivity contribution in [3.63, 3.8) is 0 Å². The smallest absolute Gasteiger partial charge is 0.261 e. The molecule has 3 heterocycles. The zero-order valence-electron chi connectivity index (χ0n) is 13.3. The van der Waals surface area contributed by atoms with Crippen molar-refractivity contribution in [2.75, 3.05) is 13.1 Å². The van der Waals surface area contributed by atoms with E-state index in [9.17, 15) is 4.79 Å². The number of nitrogens with one attached hydrogen (secondary N) is 1. The van der Waals surface area contributed by atoms with Gasteiger partial charge in [0.05, 0.1) is 14.9 Å². The highest BCUT2D eigenvalue weighted by atomic mass is 35.5. The van der Waals surface area contributed by atoms with Gasteiger partial charge in [0, 0.05) is 31.2 Å². The van der Waals surface area contributed by atoms with E-state index in [2.05, 4.69) is 15.4 Å². The van der Waals surface area contributed by atoms with Crippen molar-refractivity contribution in [3.05, 3.63) is 38.4 Å². The highest BCUT2D eigenvalue weighted by Gasteiger charge is 2.23. The predicted octanol–water partition coefficient (Wildman–Crippen LogP) is 3.40. The highest BCUT2D eigenvalue weighted by Crippen LogP contribution is 2.22. The number of aromatic nitrogens is 1. The van der Waals surface area contributed by atoms with Gasteiger partial charge in [-0.05, 0) is 38.8 Å². The number of rotatable bonds is 4. The fourth-order valence-electron chi connectivity index (χ4n) is 2.88. The molecule has 1 amide bonds. The second-order valence-electron chi connectivity index (χ2n) is 5.93. The van der Waals surface area contributed by atoms with E-state index in [1.807, 2.05) is 13.8 Å². The van der Waals surface area contributed by atoms with Crippen molar-refractivity contribution < 1.29 is 9.32 Å². The van der Waals surface area contributed by atoms with E-state index in [1.54, 1.807) is 12.1 Å². The molecule has 0 aromatic carbocycles. The Morgan fingerprint density at radius 3 is 2.74 bits per heavy atom. The summed E-state index contributed by atoms with van der Waals surface area (Å²) in [6.45, 7) is 6.71. The van der Waals surface area contributed by atoms with Crippen molar-refractivity contribution in [2.45, 2.75) is 39.3 Å². The van der Waals surface area contributed by atoms with Crippen LogP contribution < -0.4 is 5.32 Å². The average Bonchev–Trinajstić information content (AvgIpc) is 3.10.